The second-order valence-electron chi connectivity index (χ2n) is 6.04. The Balaban J connectivity index is 1.84. The van der Waals surface area contributed by atoms with E-state index in [1.54, 1.807) is 6.07 Å². The molecule has 31 heavy (non-hydrogen) atoms. The summed E-state index contributed by atoms with van der Waals surface area (Å²) in [5, 5.41) is 6.25. The Kier molecular flexibility index (Phi) is 5.77. The average molecular weight is 438 g/mol. The monoisotopic (exact) mass is 438 g/mol. The van der Waals surface area contributed by atoms with Crippen LogP contribution in [0.3, 0.4) is 0 Å². The molecular weight excluding hydrogens is 424 g/mol. The molecule has 0 aliphatic carbocycles. The van der Waals surface area contributed by atoms with Crippen molar-refractivity contribution in [2.45, 2.75) is 12.5 Å². The van der Waals surface area contributed by atoms with Crippen molar-refractivity contribution in [1.82, 2.24) is 14.8 Å². The number of hydrogen-bond acceptors (Lipinski definition) is 6. The first-order chi connectivity index (χ1) is 14.6. The number of nitrogen functional groups attached to an aromatic ring is 1. The van der Waals surface area contributed by atoms with E-state index in [1.807, 2.05) is 0 Å². The molecule has 0 bridgehead atoms. The van der Waals surface area contributed by atoms with Gasteiger partial charge in [-0.15, -0.1) is 0 Å². The van der Waals surface area contributed by atoms with E-state index >= 15 is 0 Å². The van der Waals surface area contributed by atoms with E-state index in [9.17, 15) is 27.2 Å². The Hall–Kier alpha value is -4.16. The van der Waals surface area contributed by atoms with Crippen molar-refractivity contribution in [2.24, 2.45) is 5.73 Å². The molecule has 3 rings (SSSR count). The Morgan fingerprint density at radius 2 is 1.84 bits per heavy atom. The van der Waals surface area contributed by atoms with Gasteiger partial charge in [-0.2, -0.15) is 22.7 Å². The number of nitrogens with one attached hydrogen (secondary N) is 1. The predicted molar refractivity (Wildman–Crippen MR) is 99.9 cm³/mol. The first-order valence-corrected chi connectivity index (χ1v) is 8.45. The van der Waals surface area contributed by atoms with Crippen LogP contribution in [0.4, 0.5) is 29.2 Å². The maximum Gasteiger partial charge on any atom is 0.417 e. The van der Waals surface area contributed by atoms with Gasteiger partial charge in [-0.3, -0.25) is 9.59 Å². The van der Waals surface area contributed by atoms with Crippen molar-refractivity contribution >= 4 is 23.5 Å². The summed E-state index contributed by atoms with van der Waals surface area (Å²) in [4.78, 5) is 26.9. The van der Waals surface area contributed by atoms with Gasteiger partial charge in [0.15, 0.2) is 0 Å². The highest BCUT2D eigenvalue weighted by Crippen LogP contribution is 2.29. The van der Waals surface area contributed by atoms with E-state index in [1.165, 1.54) is 18.2 Å². The number of aromatic nitrogens is 3. The SMILES string of the molecule is NC(=O)C(F)Oc1ccccc1-n1ncc(C(=O)Nc2ccc(C(F)(F)F)cn2)c1N. The van der Waals surface area contributed by atoms with Gasteiger partial charge < -0.3 is 21.5 Å². The molecule has 0 saturated carbocycles. The molecule has 0 aliphatic rings. The molecule has 3 aromatic rings. The summed E-state index contributed by atoms with van der Waals surface area (Å²) in [7, 11) is 0. The fourth-order valence-electron chi connectivity index (χ4n) is 2.45. The molecule has 0 aliphatic heterocycles. The Labute approximate surface area is 171 Å². The quantitative estimate of drug-likeness (QED) is 0.505. The average Bonchev–Trinajstić information content (AvgIpc) is 3.09. The number of ether oxygens (including phenoxy) is 1. The number of benzene rings is 1. The summed E-state index contributed by atoms with van der Waals surface area (Å²) in [6.45, 7) is 0. The van der Waals surface area contributed by atoms with Crippen LogP contribution in [0.2, 0.25) is 0 Å². The normalized spacial score (nSPS) is 12.3. The number of para-hydroxylation sites is 2. The van der Waals surface area contributed by atoms with E-state index < -0.39 is 29.9 Å². The number of pyridine rings is 1. The third-order valence-corrected chi connectivity index (χ3v) is 3.93. The third kappa shape index (κ3) is 4.71. The summed E-state index contributed by atoms with van der Waals surface area (Å²) >= 11 is 0. The first kappa shape index (κ1) is 21.5. The fraction of sp³-hybridized carbons (Fsp3) is 0.111. The predicted octanol–water partition coefficient (Wildman–Crippen LogP) is 2.28. The standard InChI is InChI=1S/C18H14F4N6O3/c19-14(16(24)29)31-12-4-2-1-3-11(12)28-15(23)10(8-26-28)17(30)27-13-6-5-9(7-25-13)18(20,21)22/h1-8,14H,23H2,(H2,24,29)(H,25,27,30). The van der Waals surface area contributed by atoms with Gasteiger partial charge >= 0.3 is 12.5 Å². The highest BCUT2D eigenvalue weighted by molar-refractivity contribution is 6.06. The minimum Gasteiger partial charge on any atom is -0.449 e. The lowest BCUT2D eigenvalue weighted by Crippen LogP contribution is -2.29. The molecular formula is C18H14F4N6O3. The van der Waals surface area contributed by atoms with Crippen molar-refractivity contribution < 1.29 is 31.9 Å². The molecule has 1 atom stereocenters. The second kappa shape index (κ2) is 8.30. The Morgan fingerprint density at radius 1 is 1.13 bits per heavy atom. The largest absolute Gasteiger partial charge is 0.449 e. The maximum atomic E-state index is 13.6. The molecule has 9 nitrogen and oxygen atoms in total. The number of rotatable bonds is 6. The number of hydrogen-bond donors (Lipinski definition) is 3. The molecule has 162 valence electrons. The van der Waals surface area contributed by atoms with Crippen molar-refractivity contribution in [3.8, 4) is 11.4 Å². The number of primary amides is 1. The van der Waals surface area contributed by atoms with E-state index in [2.05, 4.69) is 15.4 Å². The summed E-state index contributed by atoms with van der Waals surface area (Å²) < 4.78 is 57.3. The Bertz CT molecular complexity index is 1110. The minimum absolute atomic E-state index is 0.107. The maximum absolute atomic E-state index is 13.6. The van der Waals surface area contributed by atoms with Crippen LogP contribution < -0.4 is 21.5 Å². The van der Waals surface area contributed by atoms with Crippen LogP contribution in [0, 0.1) is 0 Å². The van der Waals surface area contributed by atoms with Crippen LogP contribution >= 0.6 is 0 Å². The van der Waals surface area contributed by atoms with Crippen molar-refractivity contribution in [3.05, 3.63) is 59.9 Å². The van der Waals surface area contributed by atoms with Crippen molar-refractivity contribution in [2.75, 3.05) is 11.1 Å². The van der Waals surface area contributed by atoms with Gasteiger partial charge in [-0.05, 0) is 24.3 Å². The van der Waals surface area contributed by atoms with E-state index in [-0.39, 0.29) is 28.6 Å². The zero-order valence-electron chi connectivity index (χ0n) is 15.4. The smallest absolute Gasteiger partial charge is 0.417 e. The van der Waals surface area contributed by atoms with Crippen LogP contribution in [0.1, 0.15) is 15.9 Å². The van der Waals surface area contributed by atoms with Crippen LogP contribution in [0.5, 0.6) is 5.75 Å². The van der Waals surface area contributed by atoms with Gasteiger partial charge in [-0.1, -0.05) is 12.1 Å². The summed E-state index contributed by atoms with van der Waals surface area (Å²) in [6, 6.07) is 7.55. The van der Waals surface area contributed by atoms with Crippen LogP contribution in [0.15, 0.2) is 48.8 Å². The third-order valence-electron chi connectivity index (χ3n) is 3.93. The molecule has 0 fully saturated rings. The number of amides is 2. The van der Waals surface area contributed by atoms with Gasteiger partial charge in [0, 0.05) is 6.20 Å². The molecule has 5 N–H and O–H groups in total. The molecule has 13 heteroatoms. The molecule has 2 aromatic heterocycles. The van der Waals surface area contributed by atoms with E-state index in [0.717, 1.165) is 23.0 Å². The van der Waals surface area contributed by atoms with Crippen molar-refractivity contribution in [3.63, 3.8) is 0 Å². The van der Waals surface area contributed by atoms with E-state index in [4.69, 9.17) is 16.2 Å². The summed E-state index contributed by atoms with van der Waals surface area (Å²) in [6.07, 6.45) is -5.33. The summed E-state index contributed by atoms with van der Waals surface area (Å²) in [5.74, 6) is -2.59. The highest BCUT2D eigenvalue weighted by atomic mass is 19.4. The first-order valence-electron chi connectivity index (χ1n) is 8.45. The zero-order chi connectivity index (χ0) is 22.8. The van der Waals surface area contributed by atoms with Gasteiger partial charge in [0.25, 0.3) is 11.8 Å². The molecule has 2 amide bonds. The number of alkyl halides is 4. The zero-order valence-corrected chi connectivity index (χ0v) is 15.4. The van der Waals surface area contributed by atoms with Crippen molar-refractivity contribution in [1.29, 1.82) is 0 Å². The van der Waals surface area contributed by atoms with Crippen LogP contribution in [0.25, 0.3) is 5.69 Å². The number of carbonyl (C=O) groups excluding carboxylic acids is 2. The number of nitrogens with two attached hydrogens (primary N) is 2. The lowest BCUT2D eigenvalue weighted by atomic mass is 10.2. The number of carbonyl (C=O) groups is 2. The highest BCUT2D eigenvalue weighted by Gasteiger charge is 2.30. The number of anilines is 2. The van der Waals surface area contributed by atoms with Crippen LogP contribution in [-0.4, -0.2) is 32.9 Å². The lowest BCUT2D eigenvalue weighted by Gasteiger charge is -2.13. The molecule has 0 spiro atoms. The fourth-order valence-corrected chi connectivity index (χ4v) is 2.45. The molecule has 0 radical (unpaired) electrons. The number of halogens is 4. The van der Waals surface area contributed by atoms with Gasteiger partial charge in [0.05, 0.1) is 11.8 Å². The summed E-state index contributed by atoms with van der Waals surface area (Å²) in [5.41, 5.74) is 9.80. The lowest BCUT2D eigenvalue weighted by molar-refractivity contribution is -0.137. The van der Waals surface area contributed by atoms with Gasteiger partial charge in [0.1, 0.15) is 28.6 Å². The van der Waals surface area contributed by atoms with E-state index in [0.29, 0.717) is 6.20 Å². The second-order valence-corrected chi connectivity index (χ2v) is 6.04. The molecule has 1 aromatic carbocycles. The molecule has 1 unspecified atom stereocenters. The topological polar surface area (TPSA) is 138 Å². The molecule has 2 heterocycles. The molecule has 0 saturated heterocycles. The van der Waals surface area contributed by atoms with Gasteiger partial charge in [-0.25, -0.2) is 9.67 Å². The number of nitrogens with zero attached hydrogens (tertiary/aromatic N) is 3. The minimum atomic E-state index is -4.57. The Morgan fingerprint density at radius 3 is 2.45 bits per heavy atom. The van der Waals surface area contributed by atoms with Crippen LogP contribution in [-0.2, 0) is 11.0 Å². The van der Waals surface area contributed by atoms with Gasteiger partial charge in [0.2, 0.25) is 0 Å².